The Hall–Kier alpha value is -2.09. The largest absolute Gasteiger partial charge is 0.416 e. The molecule has 0 bridgehead atoms. The molecule has 0 aromatic heterocycles. The zero-order valence-corrected chi connectivity index (χ0v) is 11.7. The van der Waals surface area contributed by atoms with Crippen LogP contribution in [-0.4, -0.2) is 37.5 Å². The maximum absolute atomic E-state index is 12.4. The van der Waals surface area contributed by atoms with Crippen molar-refractivity contribution in [2.45, 2.75) is 18.6 Å². The fourth-order valence-corrected chi connectivity index (χ4v) is 2.13. The number of rotatable bonds is 4. The zero-order chi connectivity index (χ0) is 16.2. The first kappa shape index (κ1) is 16.3. The highest BCUT2D eigenvalue weighted by molar-refractivity contribution is 5.96. The van der Waals surface area contributed by atoms with E-state index < -0.39 is 17.6 Å². The van der Waals surface area contributed by atoms with Gasteiger partial charge in [0.2, 0.25) is 5.91 Å². The van der Waals surface area contributed by atoms with E-state index in [-0.39, 0.29) is 24.1 Å². The summed E-state index contributed by atoms with van der Waals surface area (Å²) >= 11 is 0. The van der Waals surface area contributed by atoms with Gasteiger partial charge in [-0.1, -0.05) is 0 Å². The lowest BCUT2D eigenvalue weighted by molar-refractivity contribution is -0.137. The molecule has 1 saturated heterocycles. The molecular weight excluding hydrogens is 299 g/mol. The number of hydrogen-bond acceptors (Lipinski definition) is 3. The van der Waals surface area contributed by atoms with Gasteiger partial charge in [0.1, 0.15) is 0 Å². The van der Waals surface area contributed by atoms with Gasteiger partial charge in [-0.05, 0) is 37.2 Å². The number of carbonyl (C=O) groups is 2. The van der Waals surface area contributed by atoms with E-state index in [1.165, 1.54) is 0 Å². The second kappa shape index (κ2) is 6.78. The maximum Gasteiger partial charge on any atom is 0.416 e. The number of nitrogens with one attached hydrogen (secondary N) is 3. The molecule has 1 heterocycles. The number of benzene rings is 1. The minimum Gasteiger partial charge on any atom is -0.351 e. The van der Waals surface area contributed by atoms with Crippen molar-refractivity contribution in [1.82, 2.24) is 16.0 Å². The van der Waals surface area contributed by atoms with Gasteiger partial charge in [0.25, 0.3) is 5.91 Å². The Morgan fingerprint density at radius 2 is 1.91 bits per heavy atom. The molecule has 1 aromatic rings. The molecule has 8 heteroatoms. The van der Waals surface area contributed by atoms with Crippen LogP contribution in [0, 0.1) is 0 Å². The monoisotopic (exact) mass is 315 g/mol. The first-order valence-corrected chi connectivity index (χ1v) is 6.82. The molecule has 3 N–H and O–H groups in total. The highest BCUT2D eigenvalue weighted by Gasteiger charge is 2.30. The quantitative estimate of drug-likeness (QED) is 0.774. The lowest BCUT2D eigenvalue weighted by atomic mass is 10.1. The maximum atomic E-state index is 12.4. The van der Waals surface area contributed by atoms with E-state index in [2.05, 4.69) is 16.0 Å². The van der Waals surface area contributed by atoms with Crippen LogP contribution in [0.5, 0.6) is 0 Å². The van der Waals surface area contributed by atoms with Crippen molar-refractivity contribution in [1.29, 1.82) is 0 Å². The summed E-state index contributed by atoms with van der Waals surface area (Å²) in [4.78, 5) is 23.4. The second-order valence-electron chi connectivity index (χ2n) is 5.02. The highest BCUT2D eigenvalue weighted by atomic mass is 19.4. The van der Waals surface area contributed by atoms with Crippen molar-refractivity contribution in [2.24, 2.45) is 0 Å². The summed E-state index contributed by atoms with van der Waals surface area (Å²) in [6.45, 7) is 1.32. The molecule has 0 saturated carbocycles. The van der Waals surface area contributed by atoms with E-state index in [1.54, 1.807) is 0 Å². The first-order chi connectivity index (χ1) is 10.4. The Morgan fingerprint density at radius 3 is 2.45 bits per heavy atom. The Labute approximate surface area is 125 Å². The number of carbonyl (C=O) groups excluding carboxylic acids is 2. The summed E-state index contributed by atoms with van der Waals surface area (Å²) < 4.78 is 37.2. The summed E-state index contributed by atoms with van der Waals surface area (Å²) in [5.41, 5.74) is -0.751. The van der Waals surface area contributed by atoms with E-state index in [0.717, 1.165) is 37.2 Å². The van der Waals surface area contributed by atoms with Gasteiger partial charge in [0.15, 0.2) is 0 Å². The van der Waals surface area contributed by atoms with E-state index in [0.29, 0.717) is 6.54 Å². The molecule has 2 amide bonds. The molecule has 2 rings (SSSR count). The van der Waals surface area contributed by atoms with Crippen LogP contribution in [-0.2, 0) is 11.0 Å². The summed E-state index contributed by atoms with van der Waals surface area (Å²) in [6, 6.07) is 3.88. The predicted octanol–water partition coefficient (Wildman–Crippen LogP) is 0.913. The van der Waals surface area contributed by atoms with E-state index >= 15 is 0 Å². The van der Waals surface area contributed by atoms with Crippen LogP contribution in [0.15, 0.2) is 24.3 Å². The average Bonchev–Trinajstić information content (AvgIpc) is 2.97. The van der Waals surface area contributed by atoms with Crippen molar-refractivity contribution >= 4 is 11.8 Å². The molecular formula is C14H16F3N3O2. The highest BCUT2D eigenvalue weighted by Crippen LogP contribution is 2.28. The molecule has 120 valence electrons. The number of halogens is 3. The molecule has 1 aromatic carbocycles. The van der Waals surface area contributed by atoms with Crippen molar-refractivity contribution < 1.29 is 22.8 Å². The molecule has 5 nitrogen and oxygen atoms in total. The van der Waals surface area contributed by atoms with Gasteiger partial charge in [0.05, 0.1) is 12.1 Å². The third-order valence-corrected chi connectivity index (χ3v) is 3.31. The van der Waals surface area contributed by atoms with Gasteiger partial charge in [-0.2, -0.15) is 13.2 Å². The van der Waals surface area contributed by atoms with Crippen LogP contribution in [0.3, 0.4) is 0 Å². The molecule has 1 atom stereocenters. The van der Waals surface area contributed by atoms with Gasteiger partial charge in [-0.3, -0.25) is 9.59 Å². The molecule has 0 spiro atoms. The van der Waals surface area contributed by atoms with E-state index in [1.807, 2.05) is 0 Å². The molecule has 1 aliphatic rings. The third-order valence-electron chi connectivity index (χ3n) is 3.31. The van der Waals surface area contributed by atoms with Crippen LogP contribution in [0.25, 0.3) is 0 Å². The van der Waals surface area contributed by atoms with Gasteiger partial charge >= 0.3 is 6.18 Å². The average molecular weight is 315 g/mol. The summed E-state index contributed by atoms with van der Waals surface area (Å²) in [5.74, 6) is -0.914. The predicted molar refractivity (Wildman–Crippen MR) is 73.2 cm³/mol. The van der Waals surface area contributed by atoms with Gasteiger partial charge < -0.3 is 16.0 Å². The van der Waals surface area contributed by atoms with Crippen LogP contribution < -0.4 is 16.0 Å². The summed E-state index contributed by atoms with van der Waals surface area (Å²) in [5, 5.41) is 8.22. The lowest BCUT2D eigenvalue weighted by Crippen LogP contribution is -2.42. The minimum absolute atomic E-state index is 0.0514. The fraction of sp³-hybridized carbons (Fsp3) is 0.429. The first-order valence-electron chi connectivity index (χ1n) is 6.82. The summed E-state index contributed by atoms with van der Waals surface area (Å²) in [7, 11) is 0. The SMILES string of the molecule is O=C(CNC(=O)c1ccc(C(F)(F)F)cc1)NC1CCNC1. The molecule has 1 unspecified atom stereocenters. The molecule has 1 fully saturated rings. The number of amides is 2. The molecule has 22 heavy (non-hydrogen) atoms. The van der Waals surface area contributed by atoms with Crippen molar-refractivity contribution in [3.8, 4) is 0 Å². The zero-order valence-electron chi connectivity index (χ0n) is 11.7. The standard InChI is InChI=1S/C14H16F3N3O2/c15-14(16,17)10-3-1-9(2-4-10)13(22)19-8-12(21)20-11-5-6-18-7-11/h1-4,11,18H,5-8H2,(H,19,22)(H,20,21). The van der Waals surface area contributed by atoms with Crippen molar-refractivity contribution in [2.75, 3.05) is 19.6 Å². The lowest BCUT2D eigenvalue weighted by Gasteiger charge is -2.12. The molecule has 0 radical (unpaired) electrons. The van der Waals surface area contributed by atoms with Crippen LogP contribution >= 0.6 is 0 Å². The molecule has 1 aliphatic heterocycles. The summed E-state index contributed by atoms with van der Waals surface area (Å²) in [6.07, 6.45) is -3.61. The topological polar surface area (TPSA) is 70.2 Å². The van der Waals surface area contributed by atoms with E-state index in [4.69, 9.17) is 0 Å². The van der Waals surface area contributed by atoms with Crippen LogP contribution in [0.1, 0.15) is 22.3 Å². The van der Waals surface area contributed by atoms with Crippen LogP contribution in [0.4, 0.5) is 13.2 Å². The fourth-order valence-electron chi connectivity index (χ4n) is 2.13. The smallest absolute Gasteiger partial charge is 0.351 e. The van der Waals surface area contributed by atoms with Crippen molar-refractivity contribution in [3.05, 3.63) is 35.4 Å². The second-order valence-corrected chi connectivity index (χ2v) is 5.02. The third kappa shape index (κ3) is 4.45. The Bertz CT molecular complexity index is 537. The van der Waals surface area contributed by atoms with Gasteiger partial charge in [-0.25, -0.2) is 0 Å². The van der Waals surface area contributed by atoms with Crippen LogP contribution in [0.2, 0.25) is 0 Å². The van der Waals surface area contributed by atoms with Gasteiger partial charge in [-0.15, -0.1) is 0 Å². The Morgan fingerprint density at radius 1 is 1.23 bits per heavy atom. The molecule has 0 aliphatic carbocycles. The number of alkyl halides is 3. The minimum atomic E-state index is -4.44. The number of hydrogen-bond donors (Lipinski definition) is 3. The van der Waals surface area contributed by atoms with E-state index in [9.17, 15) is 22.8 Å². The van der Waals surface area contributed by atoms with Gasteiger partial charge in [0, 0.05) is 18.2 Å². The van der Waals surface area contributed by atoms with Crippen molar-refractivity contribution in [3.63, 3.8) is 0 Å². The Kier molecular flexibility index (Phi) is 5.02. The normalized spacial score (nSPS) is 18.0. The Balaban J connectivity index is 1.82.